The predicted octanol–water partition coefficient (Wildman–Crippen LogP) is 2.22. The molecule has 64 valence electrons. The Bertz CT molecular complexity index is 266. The van der Waals surface area contributed by atoms with E-state index in [4.69, 9.17) is 0 Å². The van der Waals surface area contributed by atoms with Gasteiger partial charge in [-0.3, -0.25) is 4.79 Å². The summed E-state index contributed by atoms with van der Waals surface area (Å²) in [6.07, 6.45) is 0.962. The zero-order valence-electron chi connectivity index (χ0n) is 6.66. The minimum absolute atomic E-state index is 0.300. The van der Waals surface area contributed by atoms with E-state index in [0.717, 1.165) is 17.9 Å². The second kappa shape index (κ2) is 3.62. The van der Waals surface area contributed by atoms with E-state index >= 15 is 0 Å². The van der Waals surface area contributed by atoms with Crippen LogP contribution >= 0.6 is 23.1 Å². The molecule has 1 atom stereocenters. The molecule has 0 bridgehead atoms. The Morgan fingerprint density at radius 2 is 2.50 bits per heavy atom. The van der Waals surface area contributed by atoms with Gasteiger partial charge in [-0.2, -0.15) is 11.8 Å². The van der Waals surface area contributed by atoms with Crippen LogP contribution in [0.5, 0.6) is 0 Å². The van der Waals surface area contributed by atoms with E-state index in [2.05, 4.69) is 11.4 Å². The van der Waals surface area contributed by atoms with Crippen LogP contribution < -0.4 is 0 Å². The quantitative estimate of drug-likeness (QED) is 0.725. The van der Waals surface area contributed by atoms with Crippen molar-refractivity contribution in [3.63, 3.8) is 0 Å². The molecule has 3 heteroatoms. The minimum Gasteiger partial charge on any atom is -0.298 e. The van der Waals surface area contributed by atoms with Crippen LogP contribution in [-0.4, -0.2) is 17.3 Å². The summed E-state index contributed by atoms with van der Waals surface area (Å²) in [4.78, 5) is 12.6. The van der Waals surface area contributed by atoms with Gasteiger partial charge in [-0.25, -0.2) is 0 Å². The number of thioether (sulfide) groups is 1. The van der Waals surface area contributed by atoms with Crippen molar-refractivity contribution in [3.8, 4) is 0 Å². The molecular weight excluding hydrogens is 188 g/mol. The number of hydrogen-bond donors (Lipinski definition) is 0. The lowest BCUT2D eigenvalue weighted by Gasteiger charge is -2.03. The van der Waals surface area contributed by atoms with E-state index < -0.39 is 0 Å². The van der Waals surface area contributed by atoms with Crippen LogP contribution in [0.25, 0.3) is 0 Å². The van der Waals surface area contributed by atoms with Crippen molar-refractivity contribution in [2.24, 2.45) is 5.92 Å². The highest BCUT2D eigenvalue weighted by molar-refractivity contribution is 8.00. The van der Waals surface area contributed by atoms with Gasteiger partial charge >= 0.3 is 0 Å². The second-order valence-electron chi connectivity index (χ2n) is 2.96. The normalized spacial score (nSPS) is 23.3. The van der Waals surface area contributed by atoms with Gasteiger partial charge in [0.15, 0.2) is 0 Å². The molecule has 1 aliphatic rings. The molecule has 0 saturated carbocycles. The van der Waals surface area contributed by atoms with E-state index in [1.54, 1.807) is 23.1 Å². The van der Waals surface area contributed by atoms with E-state index in [-0.39, 0.29) is 0 Å². The maximum Gasteiger partial charge on any atom is 0.146 e. The lowest BCUT2D eigenvalue weighted by atomic mass is 10.0. The Balaban J connectivity index is 1.99. The molecule has 1 aromatic heterocycles. The molecule has 0 amide bonds. The lowest BCUT2D eigenvalue weighted by molar-refractivity contribution is -0.119. The number of thiophene rings is 1. The van der Waals surface area contributed by atoms with E-state index in [1.807, 2.05) is 6.07 Å². The first-order valence-electron chi connectivity index (χ1n) is 3.99. The van der Waals surface area contributed by atoms with Crippen LogP contribution in [-0.2, 0) is 11.2 Å². The summed E-state index contributed by atoms with van der Waals surface area (Å²) in [5, 5.41) is 2.07. The third-order valence-electron chi connectivity index (χ3n) is 2.05. The first-order chi connectivity index (χ1) is 5.86. The maximum atomic E-state index is 11.3. The van der Waals surface area contributed by atoms with Crippen LogP contribution in [0.1, 0.15) is 4.88 Å². The molecule has 0 aliphatic carbocycles. The summed E-state index contributed by atoms with van der Waals surface area (Å²) < 4.78 is 0. The van der Waals surface area contributed by atoms with Gasteiger partial charge in [-0.15, -0.1) is 11.3 Å². The highest BCUT2D eigenvalue weighted by Gasteiger charge is 2.24. The highest BCUT2D eigenvalue weighted by Crippen LogP contribution is 2.25. The van der Waals surface area contributed by atoms with Crippen LogP contribution in [0.3, 0.4) is 0 Å². The standard InChI is InChI=1S/C9H10OS2/c10-9-6-11-5-7(9)4-8-2-1-3-12-8/h1-3,7H,4-6H2. The van der Waals surface area contributed by atoms with E-state index in [1.165, 1.54) is 4.88 Å². The van der Waals surface area contributed by atoms with E-state index in [9.17, 15) is 4.79 Å². The minimum atomic E-state index is 0.300. The number of hydrogen-bond acceptors (Lipinski definition) is 3. The molecule has 0 spiro atoms. The van der Waals surface area contributed by atoms with Gasteiger partial charge in [0.05, 0.1) is 5.75 Å². The fraction of sp³-hybridized carbons (Fsp3) is 0.444. The summed E-state index contributed by atoms with van der Waals surface area (Å²) in [6.45, 7) is 0. The molecule has 1 aliphatic heterocycles. The number of ketones is 1. The molecular formula is C9H10OS2. The topological polar surface area (TPSA) is 17.1 Å². The monoisotopic (exact) mass is 198 g/mol. The molecule has 1 fully saturated rings. The fourth-order valence-corrected chi connectivity index (χ4v) is 3.29. The van der Waals surface area contributed by atoms with Crippen molar-refractivity contribution >= 4 is 28.9 Å². The summed E-state index contributed by atoms with van der Waals surface area (Å²) in [7, 11) is 0. The molecule has 0 N–H and O–H groups in total. The molecule has 1 aromatic rings. The smallest absolute Gasteiger partial charge is 0.146 e. The van der Waals surface area contributed by atoms with Gasteiger partial charge in [0.2, 0.25) is 0 Å². The maximum absolute atomic E-state index is 11.3. The highest BCUT2D eigenvalue weighted by atomic mass is 32.2. The predicted molar refractivity (Wildman–Crippen MR) is 53.8 cm³/mol. The van der Waals surface area contributed by atoms with Crippen molar-refractivity contribution in [1.82, 2.24) is 0 Å². The fourth-order valence-electron chi connectivity index (χ4n) is 1.36. The second-order valence-corrected chi connectivity index (χ2v) is 5.02. The number of rotatable bonds is 2. The SMILES string of the molecule is O=C1CSCC1Cc1cccs1. The summed E-state index contributed by atoms with van der Waals surface area (Å²) >= 11 is 3.52. The van der Waals surface area contributed by atoms with Crippen molar-refractivity contribution in [1.29, 1.82) is 0 Å². The van der Waals surface area contributed by atoms with Gasteiger partial charge < -0.3 is 0 Å². The number of carbonyl (C=O) groups is 1. The molecule has 1 saturated heterocycles. The third kappa shape index (κ3) is 1.72. The van der Waals surface area contributed by atoms with Crippen LogP contribution in [0.4, 0.5) is 0 Å². The largest absolute Gasteiger partial charge is 0.298 e. The molecule has 1 unspecified atom stereocenters. The Morgan fingerprint density at radius 3 is 3.08 bits per heavy atom. The average Bonchev–Trinajstić information content (AvgIpc) is 2.65. The Hall–Kier alpha value is -0.280. The molecule has 2 heterocycles. The summed E-state index contributed by atoms with van der Waals surface area (Å²) in [6, 6.07) is 4.16. The summed E-state index contributed by atoms with van der Waals surface area (Å²) in [5.41, 5.74) is 0. The Morgan fingerprint density at radius 1 is 1.58 bits per heavy atom. The molecule has 1 nitrogen and oxygen atoms in total. The summed E-state index contributed by atoms with van der Waals surface area (Å²) in [5.74, 6) is 2.49. The van der Waals surface area contributed by atoms with Gasteiger partial charge in [-0.05, 0) is 17.9 Å². The van der Waals surface area contributed by atoms with Crippen molar-refractivity contribution in [2.45, 2.75) is 6.42 Å². The number of Topliss-reactive ketones (excluding diaryl/α,β-unsaturated/α-hetero) is 1. The zero-order chi connectivity index (χ0) is 8.39. The van der Waals surface area contributed by atoms with Gasteiger partial charge in [-0.1, -0.05) is 6.07 Å². The zero-order valence-corrected chi connectivity index (χ0v) is 8.29. The van der Waals surface area contributed by atoms with Gasteiger partial charge in [0, 0.05) is 16.5 Å². The van der Waals surface area contributed by atoms with Gasteiger partial charge in [0.1, 0.15) is 5.78 Å². The van der Waals surface area contributed by atoms with Crippen molar-refractivity contribution < 1.29 is 4.79 Å². The van der Waals surface area contributed by atoms with E-state index in [0.29, 0.717) is 11.7 Å². The van der Waals surface area contributed by atoms with Gasteiger partial charge in [0.25, 0.3) is 0 Å². The Kier molecular flexibility index (Phi) is 2.51. The number of carbonyl (C=O) groups excluding carboxylic acids is 1. The molecule has 0 aromatic carbocycles. The van der Waals surface area contributed by atoms with Crippen LogP contribution in [0.15, 0.2) is 17.5 Å². The molecule has 0 radical (unpaired) electrons. The molecule has 12 heavy (non-hydrogen) atoms. The van der Waals surface area contributed by atoms with Crippen LogP contribution in [0, 0.1) is 5.92 Å². The average molecular weight is 198 g/mol. The van der Waals surface area contributed by atoms with Crippen LogP contribution in [0.2, 0.25) is 0 Å². The van der Waals surface area contributed by atoms with Crippen molar-refractivity contribution in [3.05, 3.63) is 22.4 Å². The van der Waals surface area contributed by atoms with Crippen molar-refractivity contribution in [2.75, 3.05) is 11.5 Å². The first kappa shape index (κ1) is 8.32. The third-order valence-corrected chi connectivity index (χ3v) is 4.07. The first-order valence-corrected chi connectivity index (χ1v) is 6.02. The molecule has 2 rings (SSSR count). The lowest BCUT2D eigenvalue weighted by Crippen LogP contribution is -2.13. The Labute approximate surface area is 80.2 Å².